The minimum absolute atomic E-state index is 0.0474. The van der Waals surface area contributed by atoms with Crippen molar-refractivity contribution in [2.45, 2.75) is 4.90 Å². The molecule has 1 heterocycles. The van der Waals surface area contributed by atoms with Gasteiger partial charge < -0.3 is 14.4 Å². The van der Waals surface area contributed by atoms with Crippen LogP contribution in [0.4, 0.5) is 5.69 Å². The van der Waals surface area contributed by atoms with E-state index in [1.165, 1.54) is 30.7 Å². The fourth-order valence-corrected chi connectivity index (χ4v) is 4.94. The minimum atomic E-state index is -3.74. The summed E-state index contributed by atoms with van der Waals surface area (Å²) in [5.41, 5.74) is 1.02. The van der Waals surface area contributed by atoms with Gasteiger partial charge >= 0.3 is 0 Å². The van der Waals surface area contributed by atoms with E-state index >= 15 is 0 Å². The first-order valence-corrected chi connectivity index (χ1v) is 10.5. The van der Waals surface area contributed by atoms with Crippen LogP contribution in [0.1, 0.15) is 0 Å². The quantitative estimate of drug-likeness (QED) is 0.725. The molecule has 9 heteroatoms. The fourth-order valence-electron chi connectivity index (χ4n) is 3.01. The first-order valence-electron chi connectivity index (χ1n) is 8.29. The Hall–Kier alpha value is -1.67. The molecule has 0 atom stereocenters. The van der Waals surface area contributed by atoms with Gasteiger partial charge in [-0.2, -0.15) is 4.31 Å². The molecule has 1 aliphatic heterocycles. The molecule has 2 aromatic carbocycles. The number of sulfonamides is 1. The second kappa shape index (κ2) is 8.14. The van der Waals surface area contributed by atoms with Crippen LogP contribution in [0, 0.1) is 0 Å². The Bertz CT molecular complexity index is 912. The van der Waals surface area contributed by atoms with Crippen molar-refractivity contribution in [3.05, 3.63) is 46.4 Å². The van der Waals surface area contributed by atoms with Gasteiger partial charge in [-0.3, -0.25) is 0 Å². The average Bonchev–Trinajstić information content (AvgIpc) is 2.68. The van der Waals surface area contributed by atoms with Crippen LogP contribution in [0.5, 0.6) is 11.5 Å². The Labute approximate surface area is 169 Å². The van der Waals surface area contributed by atoms with E-state index in [9.17, 15) is 8.42 Å². The topological polar surface area (TPSA) is 59.1 Å². The Morgan fingerprint density at radius 3 is 2.04 bits per heavy atom. The molecular formula is C18H20Cl2N2O4S. The van der Waals surface area contributed by atoms with Crippen LogP contribution in [0.25, 0.3) is 0 Å². The lowest BCUT2D eigenvalue weighted by Crippen LogP contribution is -2.48. The molecule has 1 fully saturated rings. The van der Waals surface area contributed by atoms with Crippen LogP contribution in [-0.2, 0) is 10.0 Å². The third-order valence-corrected chi connectivity index (χ3v) is 6.95. The fraction of sp³-hybridized carbons (Fsp3) is 0.333. The van der Waals surface area contributed by atoms with Crippen LogP contribution in [0.2, 0.25) is 10.0 Å². The van der Waals surface area contributed by atoms with Gasteiger partial charge in [-0.05, 0) is 24.3 Å². The molecule has 0 radical (unpaired) electrons. The number of halogens is 2. The number of nitrogens with zero attached hydrogens (tertiary/aromatic N) is 2. The molecule has 0 aliphatic carbocycles. The summed E-state index contributed by atoms with van der Waals surface area (Å²) < 4.78 is 38.1. The molecule has 0 saturated carbocycles. The van der Waals surface area contributed by atoms with Crippen LogP contribution in [-0.4, -0.2) is 53.1 Å². The number of methoxy groups -OCH3 is 2. The zero-order valence-corrected chi connectivity index (χ0v) is 17.3. The molecule has 27 heavy (non-hydrogen) atoms. The van der Waals surface area contributed by atoms with Gasteiger partial charge in [0.1, 0.15) is 16.4 Å². The third-order valence-electron chi connectivity index (χ3n) is 4.49. The summed E-state index contributed by atoms with van der Waals surface area (Å²) >= 11 is 12.0. The number of hydrogen-bond donors (Lipinski definition) is 0. The number of hydrogen-bond acceptors (Lipinski definition) is 5. The van der Waals surface area contributed by atoms with Crippen molar-refractivity contribution in [1.29, 1.82) is 0 Å². The van der Waals surface area contributed by atoms with Crippen LogP contribution in [0.15, 0.2) is 41.3 Å². The summed E-state index contributed by atoms with van der Waals surface area (Å²) in [4.78, 5) is 2.17. The van der Waals surface area contributed by atoms with Crippen LogP contribution in [0.3, 0.4) is 0 Å². The molecule has 0 spiro atoms. The van der Waals surface area contributed by atoms with Crippen molar-refractivity contribution in [2.24, 2.45) is 0 Å². The molecule has 1 saturated heterocycles. The van der Waals surface area contributed by atoms with Crippen molar-refractivity contribution in [2.75, 3.05) is 45.3 Å². The van der Waals surface area contributed by atoms with Gasteiger partial charge in [0.25, 0.3) is 0 Å². The minimum Gasteiger partial charge on any atom is -0.495 e. The van der Waals surface area contributed by atoms with Gasteiger partial charge in [-0.1, -0.05) is 23.2 Å². The summed E-state index contributed by atoms with van der Waals surface area (Å²) in [6.07, 6.45) is 0. The highest BCUT2D eigenvalue weighted by atomic mass is 35.5. The summed E-state index contributed by atoms with van der Waals surface area (Å²) in [5, 5.41) is 0.963. The molecule has 6 nitrogen and oxygen atoms in total. The highest BCUT2D eigenvalue weighted by molar-refractivity contribution is 7.89. The number of ether oxygens (including phenoxy) is 2. The Morgan fingerprint density at radius 2 is 1.48 bits per heavy atom. The largest absolute Gasteiger partial charge is 0.495 e. The smallest absolute Gasteiger partial charge is 0.247 e. The number of anilines is 1. The Balaban J connectivity index is 1.82. The van der Waals surface area contributed by atoms with Crippen molar-refractivity contribution >= 4 is 38.9 Å². The van der Waals surface area contributed by atoms with Crippen molar-refractivity contribution in [3.63, 3.8) is 0 Å². The molecule has 0 aromatic heterocycles. The zero-order valence-electron chi connectivity index (χ0n) is 15.0. The molecule has 146 valence electrons. The van der Waals surface area contributed by atoms with E-state index in [1.807, 2.05) is 24.3 Å². The average molecular weight is 431 g/mol. The van der Waals surface area contributed by atoms with Gasteiger partial charge in [0.2, 0.25) is 10.0 Å². The summed E-state index contributed by atoms with van der Waals surface area (Å²) in [6, 6.07) is 10.4. The lowest BCUT2D eigenvalue weighted by Gasteiger charge is -2.35. The SMILES string of the molecule is COc1cc(S(=O)(=O)N2CCN(c3ccc(Cl)cc3)CC2)c(OC)cc1Cl. The summed E-state index contributed by atoms with van der Waals surface area (Å²) in [5.74, 6) is 0.483. The van der Waals surface area contributed by atoms with Crippen molar-refractivity contribution in [1.82, 2.24) is 4.31 Å². The zero-order chi connectivity index (χ0) is 19.6. The van der Waals surface area contributed by atoms with E-state index in [-0.39, 0.29) is 16.4 Å². The van der Waals surface area contributed by atoms with E-state index < -0.39 is 10.0 Å². The molecule has 0 amide bonds. The maximum Gasteiger partial charge on any atom is 0.247 e. The van der Waals surface area contributed by atoms with E-state index in [1.54, 1.807) is 0 Å². The monoisotopic (exact) mass is 430 g/mol. The number of piperazine rings is 1. The number of rotatable bonds is 5. The van der Waals surface area contributed by atoms with Gasteiger partial charge in [-0.15, -0.1) is 0 Å². The molecular weight excluding hydrogens is 411 g/mol. The van der Waals surface area contributed by atoms with Crippen LogP contribution < -0.4 is 14.4 Å². The molecule has 0 N–H and O–H groups in total. The van der Waals surface area contributed by atoms with E-state index in [2.05, 4.69) is 4.90 Å². The maximum atomic E-state index is 13.1. The van der Waals surface area contributed by atoms with E-state index in [4.69, 9.17) is 32.7 Å². The van der Waals surface area contributed by atoms with E-state index in [0.717, 1.165) is 5.69 Å². The second-order valence-corrected chi connectivity index (χ2v) is 8.76. The lowest BCUT2D eigenvalue weighted by atomic mass is 10.2. The summed E-state index contributed by atoms with van der Waals surface area (Å²) in [7, 11) is -0.893. The third kappa shape index (κ3) is 4.11. The van der Waals surface area contributed by atoms with Gasteiger partial charge in [-0.25, -0.2) is 8.42 Å². The Morgan fingerprint density at radius 1 is 0.889 bits per heavy atom. The first-order chi connectivity index (χ1) is 12.9. The van der Waals surface area contributed by atoms with Gasteiger partial charge in [0.05, 0.1) is 19.2 Å². The normalized spacial score (nSPS) is 15.6. The van der Waals surface area contributed by atoms with Gasteiger partial charge in [0, 0.05) is 49.0 Å². The maximum absolute atomic E-state index is 13.1. The van der Waals surface area contributed by atoms with Gasteiger partial charge in [0.15, 0.2) is 0 Å². The molecule has 2 aromatic rings. The molecule has 3 rings (SSSR count). The van der Waals surface area contributed by atoms with Crippen molar-refractivity contribution in [3.8, 4) is 11.5 Å². The lowest BCUT2D eigenvalue weighted by molar-refractivity contribution is 0.371. The highest BCUT2D eigenvalue weighted by Gasteiger charge is 2.32. The Kier molecular flexibility index (Phi) is 6.05. The second-order valence-electron chi connectivity index (χ2n) is 6.01. The molecule has 1 aliphatic rings. The van der Waals surface area contributed by atoms with E-state index in [0.29, 0.717) is 36.2 Å². The predicted molar refractivity (Wildman–Crippen MR) is 107 cm³/mol. The first kappa shape index (κ1) is 20.1. The highest BCUT2D eigenvalue weighted by Crippen LogP contribution is 2.36. The predicted octanol–water partition coefficient (Wildman–Crippen LogP) is 3.52. The van der Waals surface area contributed by atoms with Crippen LogP contribution >= 0.6 is 23.2 Å². The standard InChI is InChI=1S/C18H20Cl2N2O4S/c1-25-16-12-18(17(26-2)11-15(16)20)27(23,24)22-9-7-21(8-10-22)14-5-3-13(19)4-6-14/h3-6,11-12H,7-10H2,1-2H3. The number of benzene rings is 2. The van der Waals surface area contributed by atoms with Crippen molar-refractivity contribution < 1.29 is 17.9 Å². The molecule has 0 unspecified atom stereocenters. The molecule has 0 bridgehead atoms. The summed E-state index contributed by atoms with van der Waals surface area (Å²) in [6.45, 7) is 1.87.